The Balaban J connectivity index is 1.84. The molecule has 3 aromatic rings. The van der Waals surface area contributed by atoms with Gasteiger partial charge in [-0.3, -0.25) is 0 Å². The molecule has 0 unspecified atom stereocenters. The van der Waals surface area contributed by atoms with Gasteiger partial charge in [0.25, 0.3) is 0 Å². The maximum absolute atomic E-state index is 5.68. The first-order valence-corrected chi connectivity index (χ1v) is 8.11. The van der Waals surface area contributed by atoms with Crippen LogP contribution in [0.4, 0.5) is 0 Å². The normalized spacial score (nSPS) is 11.3. The molecule has 2 heterocycles. The molecule has 120 valence electrons. The van der Waals surface area contributed by atoms with Gasteiger partial charge in [0.15, 0.2) is 0 Å². The molecule has 0 aliphatic rings. The number of benzene rings is 1. The smallest absolute Gasteiger partial charge is 0.137 e. The molecule has 2 aromatic heterocycles. The molecule has 0 atom stereocenters. The molecule has 4 heteroatoms. The maximum Gasteiger partial charge on any atom is 0.137 e. The zero-order chi connectivity index (χ0) is 16.2. The minimum absolute atomic E-state index is 0.186. The highest BCUT2D eigenvalue weighted by atomic mass is 16.5. The largest absolute Gasteiger partial charge is 0.491 e. The molecular weight excluding hydrogens is 286 g/mol. The van der Waals surface area contributed by atoms with E-state index in [0.717, 1.165) is 35.7 Å². The van der Waals surface area contributed by atoms with Gasteiger partial charge in [-0.05, 0) is 62.4 Å². The van der Waals surface area contributed by atoms with Crippen LogP contribution in [0.1, 0.15) is 26.3 Å². The van der Waals surface area contributed by atoms with Crippen LogP contribution in [-0.4, -0.2) is 22.0 Å². The summed E-state index contributed by atoms with van der Waals surface area (Å²) in [5.74, 6) is 0.889. The van der Waals surface area contributed by atoms with Crippen molar-refractivity contribution in [3.63, 3.8) is 0 Å². The number of fused-ring (bicyclic) bond motifs is 1. The topological polar surface area (TPSA) is 38.6 Å². The molecule has 23 heavy (non-hydrogen) atoms. The molecule has 0 aliphatic carbocycles. The van der Waals surface area contributed by atoms with Crippen LogP contribution >= 0.6 is 0 Å². The van der Waals surface area contributed by atoms with Crippen molar-refractivity contribution in [2.24, 2.45) is 0 Å². The highest BCUT2D eigenvalue weighted by molar-refractivity contribution is 5.63. The SMILES string of the molecule is CCNCc1ccn2cc(-c3ccc(OC(C)C)cc3)nc2c1. The van der Waals surface area contributed by atoms with Crippen molar-refractivity contribution < 1.29 is 4.74 Å². The molecule has 0 fully saturated rings. The van der Waals surface area contributed by atoms with Crippen LogP contribution in [0.2, 0.25) is 0 Å². The molecule has 1 N–H and O–H groups in total. The number of nitrogens with zero attached hydrogens (tertiary/aromatic N) is 2. The van der Waals surface area contributed by atoms with Crippen LogP contribution in [0.5, 0.6) is 5.75 Å². The molecule has 4 nitrogen and oxygen atoms in total. The number of hydrogen-bond acceptors (Lipinski definition) is 3. The van der Waals surface area contributed by atoms with Crippen molar-refractivity contribution in [3.05, 3.63) is 54.4 Å². The molecule has 0 saturated carbocycles. The number of nitrogens with one attached hydrogen (secondary N) is 1. The summed E-state index contributed by atoms with van der Waals surface area (Å²) >= 11 is 0. The van der Waals surface area contributed by atoms with Gasteiger partial charge >= 0.3 is 0 Å². The first-order valence-electron chi connectivity index (χ1n) is 8.11. The van der Waals surface area contributed by atoms with E-state index in [1.54, 1.807) is 0 Å². The molecule has 0 bridgehead atoms. The number of aromatic nitrogens is 2. The molecular formula is C19H23N3O. The number of ether oxygens (including phenoxy) is 1. The molecule has 1 aromatic carbocycles. The van der Waals surface area contributed by atoms with Gasteiger partial charge < -0.3 is 14.5 Å². The molecule has 3 rings (SSSR count). The van der Waals surface area contributed by atoms with Crippen molar-refractivity contribution in [1.29, 1.82) is 0 Å². The van der Waals surface area contributed by atoms with Crippen LogP contribution in [0.3, 0.4) is 0 Å². The number of imidazole rings is 1. The fourth-order valence-corrected chi connectivity index (χ4v) is 2.52. The summed E-state index contributed by atoms with van der Waals surface area (Å²) in [5.41, 5.74) is 4.29. The predicted octanol–water partition coefficient (Wildman–Crippen LogP) is 3.90. The van der Waals surface area contributed by atoms with E-state index in [4.69, 9.17) is 9.72 Å². The lowest BCUT2D eigenvalue weighted by atomic mass is 10.1. The van der Waals surface area contributed by atoms with Gasteiger partial charge in [0.1, 0.15) is 11.4 Å². The van der Waals surface area contributed by atoms with E-state index in [1.165, 1.54) is 5.56 Å². The average molecular weight is 309 g/mol. The van der Waals surface area contributed by atoms with Gasteiger partial charge in [-0.2, -0.15) is 0 Å². The van der Waals surface area contributed by atoms with Crippen molar-refractivity contribution in [3.8, 4) is 17.0 Å². The van der Waals surface area contributed by atoms with Crippen molar-refractivity contribution >= 4 is 5.65 Å². The summed E-state index contributed by atoms with van der Waals surface area (Å²) in [6.45, 7) is 8.01. The van der Waals surface area contributed by atoms with E-state index in [9.17, 15) is 0 Å². The van der Waals surface area contributed by atoms with E-state index in [2.05, 4.69) is 53.3 Å². The summed E-state index contributed by atoms with van der Waals surface area (Å²) in [6, 6.07) is 12.4. The number of hydrogen-bond donors (Lipinski definition) is 1. The monoisotopic (exact) mass is 309 g/mol. The Morgan fingerprint density at radius 3 is 2.65 bits per heavy atom. The Morgan fingerprint density at radius 1 is 1.17 bits per heavy atom. The number of pyridine rings is 1. The standard InChI is InChI=1S/C19H23N3O/c1-4-20-12-15-9-10-22-13-18(21-19(22)11-15)16-5-7-17(8-6-16)23-14(2)3/h5-11,13-14,20H,4,12H2,1-3H3. The molecule has 0 amide bonds. The van der Waals surface area contributed by atoms with Crippen molar-refractivity contribution in [2.75, 3.05) is 6.54 Å². The van der Waals surface area contributed by atoms with E-state index >= 15 is 0 Å². The van der Waals surface area contributed by atoms with Gasteiger partial charge in [0.05, 0.1) is 11.8 Å². The zero-order valence-corrected chi connectivity index (χ0v) is 13.9. The second-order valence-electron chi connectivity index (χ2n) is 5.90. The van der Waals surface area contributed by atoms with Crippen molar-refractivity contribution in [1.82, 2.24) is 14.7 Å². The molecule has 0 spiro atoms. The Morgan fingerprint density at radius 2 is 1.96 bits per heavy atom. The molecule has 0 radical (unpaired) electrons. The second kappa shape index (κ2) is 6.84. The third-order valence-corrected chi connectivity index (χ3v) is 3.63. The summed E-state index contributed by atoms with van der Waals surface area (Å²) in [7, 11) is 0. The van der Waals surface area contributed by atoms with Gasteiger partial charge in [0.2, 0.25) is 0 Å². The third kappa shape index (κ3) is 3.71. The van der Waals surface area contributed by atoms with Crippen LogP contribution in [0.25, 0.3) is 16.9 Å². The maximum atomic E-state index is 5.68. The Labute approximate surface area is 137 Å². The van der Waals surface area contributed by atoms with Crippen LogP contribution in [0, 0.1) is 0 Å². The van der Waals surface area contributed by atoms with E-state index in [-0.39, 0.29) is 6.10 Å². The first-order chi connectivity index (χ1) is 11.2. The summed E-state index contributed by atoms with van der Waals surface area (Å²) in [4.78, 5) is 4.74. The fourth-order valence-electron chi connectivity index (χ4n) is 2.52. The van der Waals surface area contributed by atoms with E-state index in [0.29, 0.717) is 0 Å². The quantitative estimate of drug-likeness (QED) is 0.750. The van der Waals surface area contributed by atoms with Crippen LogP contribution < -0.4 is 10.1 Å². The minimum Gasteiger partial charge on any atom is -0.491 e. The average Bonchev–Trinajstić information content (AvgIpc) is 2.96. The summed E-state index contributed by atoms with van der Waals surface area (Å²) in [5, 5.41) is 3.34. The molecule has 0 saturated heterocycles. The Bertz CT molecular complexity index is 775. The second-order valence-corrected chi connectivity index (χ2v) is 5.90. The highest BCUT2D eigenvalue weighted by Crippen LogP contribution is 2.23. The lowest BCUT2D eigenvalue weighted by Crippen LogP contribution is -2.11. The van der Waals surface area contributed by atoms with Crippen LogP contribution in [0.15, 0.2) is 48.8 Å². The first kappa shape index (κ1) is 15.6. The predicted molar refractivity (Wildman–Crippen MR) is 93.8 cm³/mol. The molecule has 0 aliphatic heterocycles. The zero-order valence-electron chi connectivity index (χ0n) is 13.9. The third-order valence-electron chi connectivity index (χ3n) is 3.63. The van der Waals surface area contributed by atoms with Gasteiger partial charge in [0, 0.05) is 24.5 Å². The summed E-state index contributed by atoms with van der Waals surface area (Å²) in [6.07, 6.45) is 4.31. The summed E-state index contributed by atoms with van der Waals surface area (Å²) < 4.78 is 7.74. The highest BCUT2D eigenvalue weighted by Gasteiger charge is 2.06. The minimum atomic E-state index is 0.186. The lowest BCUT2D eigenvalue weighted by Gasteiger charge is -2.09. The fraction of sp³-hybridized carbons (Fsp3) is 0.316. The number of rotatable bonds is 6. The lowest BCUT2D eigenvalue weighted by molar-refractivity contribution is 0.242. The van der Waals surface area contributed by atoms with Gasteiger partial charge in [-0.25, -0.2) is 4.98 Å². The van der Waals surface area contributed by atoms with Gasteiger partial charge in [-0.15, -0.1) is 0 Å². The Kier molecular flexibility index (Phi) is 4.63. The van der Waals surface area contributed by atoms with Gasteiger partial charge in [-0.1, -0.05) is 6.92 Å². The van der Waals surface area contributed by atoms with E-state index < -0.39 is 0 Å². The Hall–Kier alpha value is -2.33. The van der Waals surface area contributed by atoms with Crippen molar-refractivity contribution in [2.45, 2.75) is 33.4 Å². The van der Waals surface area contributed by atoms with Crippen LogP contribution in [-0.2, 0) is 6.54 Å². The van der Waals surface area contributed by atoms with E-state index in [1.807, 2.05) is 26.0 Å².